The Morgan fingerprint density at radius 2 is 1.95 bits per heavy atom. The Labute approximate surface area is 114 Å². The van der Waals surface area contributed by atoms with Crippen molar-refractivity contribution in [2.45, 2.75) is 50.7 Å². The third-order valence-corrected chi connectivity index (χ3v) is 3.94. The molecule has 2 rings (SSSR count). The highest BCUT2D eigenvalue weighted by Gasteiger charge is 2.32. The summed E-state index contributed by atoms with van der Waals surface area (Å²) in [7, 11) is 0. The van der Waals surface area contributed by atoms with Gasteiger partial charge in [0.25, 0.3) is 0 Å². The average Bonchev–Trinajstić information content (AvgIpc) is 2.38. The highest BCUT2D eigenvalue weighted by molar-refractivity contribution is 5.65. The highest BCUT2D eigenvalue weighted by atomic mass is 16.4. The predicted molar refractivity (Wildman–Crippen MR) is 75.1 cm³/mol. The monoisotopic (exact) mass is 262 g/mol. The third-order valence-electron chi connectivity index (χ3n) is 3.94. The number of hydrogen-bond acceptors (Lipinski definition) is 2. The second-order valence-corrected chi connectivity index (χ2v) is 5.63. The molecule has 104 valence electrons. The van der Waals surface area contributed by atoms with E-state index in [9.17, 15) is 4.79 Å². The van der Waals surface area contributed by atoms with Crippen molar-refractivity contribution in [3.05, 3.63) is 35.9 Å². The number of amides is 1. The molecule has 0 radical (unpaired) electrons. The number of benzene rings is 1. The van der Waals surface area contributed by atoms with Crippen LogP contribution in [0.25, 0.3) is 0 Å². The summed E-state index contributed by atoms with van der Waals surface area (Å²) in [5.74, 6) is 0. The molecule has 1 aliphatic rings. The summed E-state index contributed by atoms with van der Waals surface area (Å²) >= 11 is 0. The van der Waals surface area contributed by atoms with Crippen molar-refractivity contribution in [1.29, 1.82) is 0 Å². The quantitative estimate of drug-likeness (QED) is 0.782. The standard InChI is InChI=1S/C15H22N2O2/c1-15(17-14(18)19)9-7-13(8-10-15)16-11-12-5-3-2-4-6-12/h2-6,13,16-17H,7-11H2,1H3,(H,18,19). The molecule has 0 aliphatic heterocycles. The molecule has 0 unspecified atom stereocenters. The zero-order valence-electron chi connectivity index (χ0n) is 11.4. The van der Waals surface area contributed by atoms with Crippen LogP contribution in [-0.4, -0.2) is 22.8 Å². The maximum Gasteiger partial charge on any atom is 0.405 e. The minimum absolute atomic E-state index is 0.253. The maximum atomic E-state index is 10.7. The summed E-state index contributed by atoms with van der Waals surface area (Å²) in [6.45, 7) is 2.88. The van der Waals surface area contributed by atoms with Gasteiger partial charge in [-0.1, -0.05) is 30.3 Å². The van der Waals surface area contributed by atoms with Crippen LogP contribution in [0.2, 0.25) is 0 Å². The fourth-order valence-electron chi connectivity index (χ4n) is 2.70. The van der Waals surface area contributed by atoms with E-state index < -0.39 is 6.09 Å². The van der Waals surface area contributed by atoms with Crippen molar-refractivity contribution < 1.29 is 9.90 Å². The van der Waals surface area contributed by atoms with Crippen molar-refractivity contribution in [2.24, 2.45) is 0 Å². The normalized spacial score (nSPS) is 26.9. The van der Waals surface area contributed by atoms with Gasteiger partial charge in [0.1, 0.15) is 0 Å². The Morgan fingerprint density at radius 3 is 2.53 bits per heavy atom. The molecule has 1 fully saturated rings. The Kier molecular flexibility index (Phi) is 4.43. The molecule has 0 spiro atoms. The molecule has 0 aromatic heterocycles. The van der Waals surface area contributed by atoms with Crippen LogP contribution in [-0.2, 0) is 6.54 Å². The first-order valence-electron chi connectivity index (χ1n) is 6.86. The number of nitrogens with one attached hydrogen (secondary N) is 2. The van der Waals surface area contributed by atoms with Crippen molar-refractivity contribution in [3.63, 3.8) is 0 Å². The molecule has 1 aromatic rings. The summed E-state index contributed by atoms with van der Waals surface area (Å²) in [6, 6.07) is 10.8. The van der Waals surface area contributed by atoms with Crippen LogP contribution in [0.1, 0.15) is 38.2 Å². The van der Waals surface area contributed by atoms with Crippen molar-refractivity contribution >= 4 is 6.09 Å². The number of rotatable bonds is 4. The maximum absolute atomic E-state index is 10.7. The van der Waals surface area contributed by atoms with Gasteiger partial charge >= 0.3 is 6.09 Å². The number of carbonyl (C=O) groups is 1. The van der Waals surface area contributed by atoms with Gasteiger partial charge in [-0.15, -0.1) is 0 Å². The zero-order chi connectivity index (χ0) is 13.7. The van der Waals surface area contributed by atoms with Crippen LogP contribution < -0.4 is 10.6 Å². The van der Waals surface area contributed by atoms with E-state index in [0.717, 1.165) is 32.2 Å². The van der Waals surface area contributed by atoms with Gasteiger partial charge < -0.3 is 15.7 Å². The fourth-order valence-corrected chi connectivity index (χ4v) is 2.70. The van der Waals surface area contributed by atoms with E-state index in [1.807, 2.05) is 25.1 Å². The van der Waals surface area contributed by atoms with Gasteiger partial charge in [0.15, 0.2) is 0 Å². The van der Waals surface area contributed by atoms with Crippen LogP contribution in [0.4, 0.5) is 4.79 Å². The van der Waals surface area contributed by atoms with Gasteiger partial charge in [0.2, 0.25) is 0 Å². The van der Waals surface area contributed by atoms with E-state index in [4.69, 9.17) is 5.11 Å². The topological polar surface area (TPSA) is 61.4 Å². The predicted octanol–water partition coefficient (Wildman–Crippen LogP) is 2.75. The minimum atomic E-state index is -0.918. The van der Waals surface area contributed by atoms with E-state index in [0.29, 0.717) is 6.04 Å². The first-order chi connectivity index (χ1) is 9.07. The van der Waals surface area contributed by atoms with E-state index in [1.54, 1.807) is 0 Å². The Hall–Kier alpha value is -1.55. The molecular formula is C15H22N2O2. The van der Waals surface area contributed by atoms with E-state index in [2.05, 4.69) is 22.8 Å². The molecule has 4 nitrogen and oxygen atoms in total. The lowest BCUT2D eigenvalue weighted by Gasteiger charge is -2.37. The number of carboxylic acid groups (broad SMARTS) is 1. The average molecular weight is 262 g/mol. The molecule has 4 heteroatoms. The second kappa shape index (κ2) is 6.06. The third kappa shape index (κ3) is 4.24. The lowest BCUT2D eigenvalue weighted by Crippen LogP contribution is -2.50. The lowest BCUT2D eigenvalue weighted by molar-refractivity contribution is 0.162. The fraction of sp³-hybridized carbons (Fsp3) is 0.533. The zero-order valence-corrected chi connectivity index (χ0v) is 11.4. The minimum Gasteiger partial charge on any atom is -0.465 e. The molecule has 0 bridgehead atoms. The molecule has 0 atom stereocenters. The van der Waals surface area contributed by atoms with Crippen LogP contribution in [0.5, 0.6) is 0 Å². The van der Waals surface area contributed by atoms with Crippen molar-refractivity contribution in [2.75, 3.05) is 0 Å². The Balaban J connectivity index is 1.76. The van der Waals surface area contributed by atoms with Crippen LogP contribution >= 0.6 is 0 Å². The smallest absolute Gasteiger partial charge is 0.405 e. The highest BCUT2D eigenvalue weighted by Crippen LogP contribution is 2.28. The Bertz CT molecular complexity index is 411. The van der Waals surface area contributed by atoms with E-state index in [-0.39, 0.29) is 5.54 Å². The lowest BCUT2D eigenvalue weighted by atomic mass is 9.81. The largest absolute Gasteiger partial charge is 0.465 e. The van der Waals surface area contributed by atoms with Crippen molar-refractivity contribution in [1.82, 2.24) is 10.6 Å². The van der Waals surface area contributed by atoms with Gasteiger partial charge in [-0.25, -0.2) is 4.79 Å². The summed E-state index contributed by atoms with van der Waals surface area (Å²) in [5.41, 5.74) is 1.04. The summed E-state index contributed by atoms with van der Waals surface area (Å²) < 4.78 is 0. The molecule has 0 saturated heterocycles. The van der Waals surface area contributed by atoms with Crippen LogP contribution in [0.15, 0.2) is 30.3 Å². The van der Waals surface area contributed by atoms with E-state index in [1.165, 1.54) is 5.56 Å². The van der Waals surface area contributed by atoms with Gasteiger partial charge in [0, 0.05) is 18.1 Å². The van der Waals surface area contributed by atoms with Gasteiger partial charge in [-0.3, -0.25) is 0 Å². The molecule has 3 N–H and O–H groups in total. The second-order valence-electron chi connectivity index (χ2n) is 5.63. The molecule has 1 amide bonds. The summed E-state index contributed by atoms with van der Waals surface area (Å²) in [6.07, 6.45) is 2.91. The van der Waals surface area contributed by atoms with Crippen LogP contribution in [0, 0.1) is 0 Å². The summed E-state index contributed by atoms with van der Waals surface area (Å²) in [5, 5.41) is 15.0. The first-order valence-corrected chi connectivity index (χ1v) is 6.86. The molecular weight excluding hydrogens is 240 g/mol. The van der Waals surface area contributed by atoms with Gasteiger partial charge in [-0.05, 0) is 38.2 Å². The first kappa shape index (κ1) is 13.9. The number of hydrogen-bond donors (Lipinski definition) is 3. The molecule has 0 heterocycles. The van der Waals surface area contributed by atoms with E-state index >= 15 is 0 Å². The summed E-state index contributed by atoms with van der Waals surface area (Å²) in [4.78, 5) is 10.7. The SMILES string of the molecule is CC1(NC(=O)O)CCC(NCc2ccccc2)CC1. The van der Waals surface area contributed by atoms with Crippen LogP contribution in [0.3, 0.4) is 0 Å². The van der Waals surface area contributed by atoms with Gasteiger partial charge in [-0.2, -0.15) is 0 Å². The van der Waals surface area contributed by atoms with Crippen molar-refractivity contribution in [3.8, 4) is 0 Å². The molecule has 1 aliphatic carbocycles. The molecule has 19 heavy (non-hydrogen) atoms. The van der Waals surface area contributed by atoms with Gasteiger partial charge in [0.05, 0.1) is 0 Å². The molecule has 1 aromatic carbocycles. The molecule has 1 saturated carbocycles. The Morgan fingerprint density at radius 1 is 1.32 bits per heavy atom.